The predicted octanol–water partition coefficient (Wildman–Crippen LogP) is 19.4. The van der Waals surface area contributed by atoms with Gasteiger partial charge in [-0.1, -0.05) is 258 Å². The van der Waals surface area contributed by atoms with E-state index in [1.807, 2.05) is 21.1 Å². The van der Waals surface area contributed by atoms with Gasteiger partial charge in [-0.25, -0.2) is 4.57 Å². The van der Waals surface area contributed by atoms with Crippen molar-refractivity contribution >= 4 is 19.8 Å². The molecular formula is C66H115NO8P+. The minimum absolute atomic E-state index is 0.0204. The fourth-order valence-electron chi connectivity index (χ4n) is 8.13. The van der Waals surface area contributed by atoms with Crippen molar-refractivity contribution in [1.29, 1.82) is 0 Å². The molecule has 0 fully saturated rings. The highest BCUT2D eigenvalue weighted by atomic mass is 31.2. The monoisotopic (exact) mass is 1080 g/mol. The summed E-state index contributed by atoms with van der Waals surface area (Å²) in [6.07, 6.45) is 78.8. The number of hydrogen-bond donors (Lipinski definition) is 1. The van der Waals surface area contributed by atoms with Crippen molar-refractivity contribution in [3.05, 3.63) is 109 Å². The van der Waals surface area contributed by atoms with Crippen LogP contribution < -0.4 is 0 Å². The zero-order chi connectivity index (χ0) is 55.6. The third kappa shape index (κ3) is 59.9. The third-order valence-corrected chi connectivity index (χ3v) is 13.8. The molecule has 0 aliphatic carbocycles. The molecule has 0 radical (unpaired) electrons. The number of carbonyl (C=O) groups is 2. The summed E-state index contributed by atoms with van der Waals surface area (Å²) in [5.74, 6) is -0.835. The van der Waals surface area contributed by atoms with E-state index in [1.165, 1.54) is 116 Å². The lowest BCUT2D eigenvalue weighted by Gasteiger charge is -2.24. The summed E-state index contributed by atoms with van der Waals surface area (Å²) in [6, 6.07) is 0. The second-order valence-electron chi connectivity index (χ2n) is 21.4. The lowest BCUT2D eigenvalue weighted by atomic mass is 10.0. The van der Waals surface area contributed by atoms with Crippen molar-refractivity contribution in [2.45, 2.75) is 251 Å². The first-order chi connectivity index (χ1) is 37.0. The van der Waals surface area contributed by atoms with Gasteiger partial charge in [0.2, 0.25) is 0 Å². The molecule has 0 aromatic rings. The summed E-state index contributed by atoms with van der Waals surface area (Å²) < 4.78 is 34.6. The van der Waals surface area contributed by atoms with Gasteiger partial charge >= 0.3 is 19.8 Å². The maximum absolute atomic E-state index is 12.8. The van der Waals surface area contributed by atoms with E-state index >= 15 is 0 Å². The van der Waals surface area contributed by atoms with Gasteiger partial charge < -0.3 is 18.9 Å². The number of rotatable bonds is 55. The van der Waals surface area contributed by atoms with Crippen LogP contribution in [0, 0.1) is 0 Å². The predicted molar refractivity (Wildman–Crippen MR) is 325 cm³/mol. The van der Waals surface area contributed by atoms with E-state index in [0.29, 0.717) is 17.4 Å². The van der Waals surface area contributed by atoms with Gasteiger partial charge in [-0.05, 0) is 83.5 Å². The molecule has 2 unspecified atom stereocenters. The van der Waals surface area contributed by atoms with Gasteiger partial charge in [-0.3, -0.25) is 18.6 Å². The fraction of sp³-hybridized carbons (Fsp3) is 0.697. The summed E-state index contributed by atoms with van der Waals surface area (Å²) in [5, 5.41) is 0. The number of ether oxygens (including phenoxy) is 2. The number of likely N-dealkylation sites (N-methyl/N-ethyl adjacent to an activating group) is 1. The van der Waals surface area contributed by atoms with E-state index in [-0.39, 0.29) is 32.0 Å². The Hall–Kier alpha value is -3.33. The molecular weight excluding hydrogens is 966 g/mol. The van der Waals surface area contributed by atoms with E-state index in [2.05, 4.69) is 123 Å². The molecule has 0 aliphatic heterocycles. The van der Waals surface area contributed by atoms with Crippen LogP contribution in [0.4, 0.5) is 0 Å². The Balaban J connectivity index is 4.25. The molecule has 10 heteroatoms. The molecule has 2 atom stereocenters. The van der Waals surface area contributed by atoms with Crippen LogP contribution >= 0.6 is 7.82 Å². The Morgan fingerprint density at radius 3 is 1.12 bits per heavy atom. The second kappa shape index (κ2) is 56.4. The molecule has 1 N–H and O–H groups in total. The number of nitrogens with zero attached hydrogens (tertiary/aromatic N) is 1. The maximum Gasteiger partial charge on any atom is 0.472 e. The summed E-state index contributed by atoms with van der Waals surface area (Å²) >= 11 is 0. The van der Waals surface area contributed by atoms with Crippen molar-refractivity contribution < 1.29 is 42.1 Å². The zero-order valence-electron chi connectivity index (χ0n) is 49.5. The summed E-state index contributed by atoms with van der Waals surface area (Å²) in [7, 11) is 1.45. The molecule has 0 saturated carbocycles. The van der Waals surface area contributed by atoms with Gasteiger partial charge in [0.05, 0.1) is 27.7 Å². The first kappa shape index (κ1) is 72.7. The van der Waals surface area contributed by atoms with Crippen LogP contribution in [0.25, 0.3) is 0 Å². The van der Waals surface area contributed by atoms with Crippen LogP contribution in [0.3, 0.4) is 0 Å². The van der Waals surface area contributed by atoms with Crippen molar-refractivity contribution in [3.63, 3.8) is 0 Å². The number of quaternary nitrogens is 1. The van der Waals surface area contributed by atoms with Crippen molar-refractivity contribution in [2.75, 3.05) is 47.5 Å². The highest BCUT2D eigenvalue weighted by molar-refractivity contribution is 7.47. The van der Waals surface area contributed by atoms with Crippen LogP contribution in [0.1, 0.15) is 245 Å². The van der Waals surface area contributed by atoms with Gasteiger partial charge in [0.15, 0.2) is 6.10 Å². The van der Waals surface area contributed by atoms with Crippen LogP contribution in [0.5, 0.6) is 0 Å². The topological polar surface area (TPSA) is 108 Å². The fourth-order valence-corrected chi connectivity index (χ4v) is 8.87. The average molecular weight is 1080 g/mol. The quantitative estimate of drug-likeness (QED) is 0.0211. The van der Waals surface area contributed by atoms with E-state index in [9.17, 15) is 19.0 Å². The van der Waals surface area contributed by atoms with Crippen LogP contribution in [-0.4, -0.2) is 74.9 Å². The normalized spacial score (nSPS) is 14.0. The Bertz CT molecular complexity index is 1650. The van der Waals surface area contributed by atoms with Gasteiger partial charge in [-0.15, -0.1) is 0 Å². The zero-order valence-corrected chi connectivity index (χ0v) is 50.3. The Morgan fingerprint density at radius 2 is 0.750 bits per heavy atom. The average Bonchev–Trinajstić information content (AvgIpc) is 3.38. The van der Waals surface area contributed by atoms with Gasteiger partial charge in [0.1, 0.15) is 19.8 Å². The number of phosphoric ester groups is 1. The number of allylic oxidation sites excluding steroid dienone is 18. The minimum atomic E-state index is -4.40. The molecule has 0 aliphatic rings. The first-order valence-electron chi connectivity index (χ1n) is 30.6. The molecule has 0 rings (SSSR count). The Morgan fingerprint density at radius 1 is 0.421 bits per heavy atom. The van der Waals surface area contributed by atoms with Crippen molar-refractivity contribution in [2.24, 2.45) is 0 Å². The second-order valence-corrected chi connectivity index (χ2v) is 22.8. The number of phosphoric acid groups is 1. The van der Waals surface area contributed by atoms with Crippen LogP contribution in [-0.2, 0) is 32.7 Å². The minimum Gasteiger partial charge on any atom is -0.462 e. The van der Waals surface area contributed by atoms with Crippen LogP contribution in [0.15, 0.2) is 109 Å². The van der Waals surface area contributed by atoms with E-state index < -0.39 is 26.5 Å². The van der Waals surface area contributed by atoms with Gasteiger partial charge in [-0.2, -0.15) is 0 Å². The Kier molecular flexibility index (Phi) is 53.9. The molecule has 0 aromatic carbocycles. The lowest BCUT2D eigenvalue weighted by molar-refractivity contribution is -0.870. The molecule has 76 heavy (non-hydrogen) atoms. The van der Waals surface area contributed by atoms with Gasteiger partial charge in [0.25, 0.3) is 0 Å². The lowest BCUT2D eigenvalue weighted by Crippen LogP contribution is -2.37. The van der Waals surface area contributed by atoms with E-state index in [4.69, 9.17) is 18.5 Å². The van der Waals surface area contributed by atoms with Gasteiger partial charge in [0, 0.05) is 12.8 Å². The molecule has 0 heterocycles. The first-order valence-corrected chi connectivity index (χ1v) is 32.1. The molecule has 436 valence electrons. The largest absolute Gasteiger partial charge is 0.472 e. The number of carbonyl (C=O) groups excluding carboxylic acids is 2. The number of hydrogen-bond acceptors (Lipinski definition) is 7. The third-order valence-electron chi connectivity index (χ3n) is 12.8. The summed E-state index contributed by atoms with van der Waals surface area (Å²) in [4.78, 5) is 35.7. The highest BCUT2D eigenvalue weighted by Crippen LogP contribution is 2.43. The molecule has 0 spiro atoms. The molecule has 0 amide bonds. The number of esters is 2. The van der Waals surface area contributed by atoms with E-state index in [1.54, 1.807) is 0 Å². The summed E-state index contributed by atoms with van der Waals surface area (Å²) in [5.41, 5.74) is 0. The summed E-state index contributed by atoms with van der Waals surface area (Å²) in [6.45, 7) is 4.29. The maximum atomic E-state index is 12.8. The smallest absolute Gasteiger partial charge is 0.462 e. The number of unbranched alkanes of at least 4 members (excludes halogenated alkanes) is 23. The van der Waals surface area contributed by atoms with Crippen molar-refractivity contribution in [1.82, 2.24) is 0 Å². The Labute approximate surface area is 467 Å². The molecule has 0 bridgehead atoms. The van der Waals surface area contributed by atoms with E-state index in [0.717, 1.165) is 96.3 Å². The highest BCUT2D eigenvalue weighted by Gasteiger charge is 2.27. The molecule has 9 nitrogen and oxygen atoms in total. The molecule has 0 saturated heterocycles. The standard InChI is InChI=1S/C66H114NO8P/c1-6-8-10-12-14-16-18-20-22-24-26-28-29-30-31-32-33-34-35-36-37-39-41-43-45-47-49-51-53-55-57-59-66(69)75-64(63-74-76(70,71)73-61-60-67(3,4)5)62-72-65(68)58-56-54-52-50-48-46-44-42-40-38-27-25-23-21-19-17-15-13-11-9-7-2/h8,10,14,16,20,22,26,28,30-31,33-34,36-37,41,43,47,49,64H,6-7,9,11-13,15,17-19,21,23-25,27,29,32,35,38-40,42,44-46,48,50-63H2,1-5H3/p+1/b10-8-,16-14-,22-20-,28-26-,31-30-,34-33-,37-36-,43-41-,49-47-. The van der Waals surface area contributed by atoms with Crippen LogP contribution in [0.2, 0.25) is 0 Å². The SMILES string of the molecule is CC/C=C\C/C=C\C/C=C\C/C=C\C/C=C\C/C=C\C/C=C\C/C=C\C/C=C\CCCCCC(=O)OC(COC(=O)CCCCCCCCCCCCCCCCCCCCCCC)COP(=O)(O)OCC[N+](C)(C)C. The van der Waals surface area contributed by atoms with Crippen molar-refractivity contribution in [3.8, 4) is 0 Å². The molecule has 0 aromatic heterocycles.